The van der Waals surface area contributed by atoms with E-state index in [-0.39, 0.29) is 10.6 Å². The topological polar surface area (TPSA) is 49.9 Å². The van der Waals surface area contributed by atoms with E-state index in [0.717, 1.165) is 5.69 Å². The fourth-order valence-corrected chi connectivity index (χ4v) is 5.99. The number of para-hydroxylation sites is 1. The van der Waals surface area contributed by atoms with E-state index in [1.807, 2.05) is 24.3 Å². The molecule has 26 heavy (non-hydrogen) atoms. The van der Waals surface area contributed by atoms with E-state index in [0.29, 0.717) is 40.7 Å². The summed E-state index contributed by atoms with van der Waals surface area (Å²) in [5.41, 5.74) is 0.911. The first-order chi connectivity index (χ1) is 12.3. The molecule has 9 heteroatoms. The Hall–Kier alpha value is -0.990. The predicted octanol–water partition coefficient (Wildman–Crippen LogP) is 4.28. The Bertz CT molecular complexity index is 916. The van der Waals surface area contributed by atoms with E-state index >= 15 is 0 Å². The summed E-state index contributed by atoms with van der Waals surface area (Å²) < 4.78 is 33.4. The van der Waals surface area contributed by atoms with Crippen LogP contribution in [0.25, 0.3) is 0 Å². The number of nitrogens with zero attached hydrogens (tertiary/aromatic N) is 2. The van der Waals surface area contributed by atoms with Crippen LogP contribution >= 0.6 is 39.1 Å². The van der Waals surface area contributed by atoms with Crippen LogP contribution in [0, 0.1) is 0 Å². The normalized spacial score (nSPS) is 15.9. The van der Waals surface area contributed by atoms with Gasteiger partial charge in [-0.1, -0.05) is 35.3 Å². The number of halogens is 3. The summed E-state index contributed by atoms with van der Waals surface area (Å²) in [6.07, 6.45) is 0. The Morgan fingerprint density at radius 1 is 1.08 bits per heavy atom. The Kier molecular flexibility index (Phi) is 6.04. The van der Waals surface area contributed by atoms with E-state index in [1.54, 1.807) is 6.07 Å². The molecule has 0 N–H and O–H groups in total. The number of sulfonamides is 1. The van der Waals surface area contributed by atoms with E-state index in [1.165, 1.54) is 17.5 Å². The lowest BCUT2D eigenvalue weighted by Gasteiger charge is -2.36. The second kappa shape index (κ2) is 7.94. The van der Waals surface area contributed by atoms with Crippen LogP contribution in [-0.4, -0.2) is 46.0 Å². The molecule has 1 aliphatic heterocycles. The zero-order valence-corrected chi connectivity index (χ0v) is 17.9. The third kappa shape index (κ3) is 3.82. The first-order valence-corrected chi connectivity index (χ1v) is 10.9. The van der Waals surface area contributed by atoms with Gasteiger partial charge in [-0.2, -0.15) is 4.31 Å². The molecule has 140 valence electrons. The molecule has 0 unspecified atom stereocenters. The van der Waals surface area contributed by atoms with Crippen LogP contribution in [0.2, 0.25) is 10.0 Å². The predicted molar refractivity (Wildman–Crippen MR) is 108 cm³/mol. The van der Waals surface area contributed by atoms with Crippen molar-refractivity contribution in [3.8, 4) is 5.75 Å². The van der Waals surface area contributed by atoms with Gasteiger partial charge in [0.25, 0.3) is 0 Å². The standard InChI is InChI=1S/C17H17BrCl2N2O3S/c1-25-17-13(18)10-12(19)11-16(17)26(23,24)22-8-6-21(7-9-22)15-5-3-2-4-14(15)20/h2-5,10-11H,6-9H2,1H3. The van der Waals surface area contributed by atoms with E-state index in [2.05, 4.69) is 20.8 Å². The lowest BCUT2D eigenvalue weighted by molar-refractivity contribution is 0.373. The maximum Gasteiger partial charge on any atom is 0.246 e. The first kappa shape index (κ1) is 19.8. The Labute approximate surface area is 171 Å². The number of benzene rings is 2. The van der Waals surface area contributed by atoms with Crippen LogP contribution in [0.4, 0.5) is 5.69 Å². The van der Waals surface area contributed by atoms with Crippen molar-refractivity contribution >= 4 is 54.8 Å². The van der Waals surface area contributed by atoms with Crippen molar-refractivity contribution in [2.75, 3.05) is 38.2 Å². The minimum atomic E-state index is -3.73. The largest absolute Gasteiger partial charge is 0.494 e. The monoisotopic (exact) mass is 478 g/mol. The van der Waals surface area contributed by atoms with Gasteiger partial charge in [-0.05, 0) is 40.2 Å². The van der Waals surface area contributed by atoms with Gasteiger partial charge in [0.1, 0.15) is 4.90 Å². The molecule has 0 atom stereocenters. The second-order valence-corrected chi connectivity index (χ2v) is 9.37. The zero-order valence-electron chi connectivity index (χ0n) is 14.0. The molecule has 5 nitrogen and oxygen atoms in total. The third-order valence-electron chi connectivity index (χ3n) is 4.23. The highest BCUT2D eigenvalue weighted by molar-refractivity contribution is 9.10. The molecule has 0 saturated carbocycles. The molecule has 1 saturated heterocycles. The summed E-state index contributed by atoms with van der Waals surface area (Å²) in [5.74, 6) is 0.253. The van der Waals surface area contributed by atoms with Crippen molar-refractivity contribution in [1.29, 1.82) is 0 Å². The molecule has 0 spiro atoms. The Morgan fingerprint density at radius 2 is 1.73 bits per heavy atom. The molecule has 0 bridgehead atoms. The minimum Gasteiger partial charge on any atom is -0.494 e. The van der Waals surface area contributed by atoms with Gasteiger partial charge in [-0.15, -0.1) is 0 Å². The Morgan fingerprint density at radius 3 is 2.35 bits per heavy atom. The molecule has 0 aliphatic carbocycles. The van der Waals surface area contributed by atoms with Gasteiger partial charge in [-0.3, -0.25) is 0 Å². The zero-order chi connectivity index (χ0) is 18.9. The summed E-state index contributed by atoms with van der Waals surface area (Å²) in [4.78, 5) is 2.14. The quantitative estimate of drug-likeness (QED) is 0.656. The average molecular weight is 480 g/mol. The highest BCUT2D eigenvalue weighted by Gasteiger charge is 2.32. The molecule has 1 heterocycles. The van der Waals surface area contributed by atoms with Gasteiger partial charge >= 0.3 is 0 Å². The van der Waals surface area contributed by atoms with Crippen LogP contribution in [0.15, 0.2) is 45.8 Å². The molecule has 2 aromatic carbocycles. The molecule has 0 aromatic heterocycles. The molecule has 2 aromatic rings. The highest BCUT2D eigenvalue weighted by atomic mass is 79.9. The van der Waals surface area contributed by atoms with Crippen LogP contribution in [0.3, 0.4) is 0 Å². The molecular formula is C17H17BrCl2N2O3S. The van der Waals surface area contributed by atoms with Crippen molar-refractivity contribution < 1.29 is 13.2 Å². The van der Waals surface area contributed by atoms with Crippen LogP contribution in [0.5, 0.6) is 5.75 Å². The SMILES string of the molecule is COc1c(Br)cc(Cl)cc1S(=O)(=O)N1CCN(c2ccccc2Cl)CC1. The summed E-state index contributed by atoms with van der Waals surface area (Å²) >= 11 is 15.6. The first-order valence-electron chi connectivity index (χ1n) is 7.87. The lowest BCUT2D eigenvalue weighted by Crippen LogP contribution is -2.48. The third-order valence-corrected chi connectivity index (χ3v) is 7.26. The van der Waals surface area contributed by atoms with E-state index in [4.69, 9.17) is 27.9 Å². The highest BCUT2D eigenvalue weighted by Crippen LogP contribution is 2.37. The number of hydrogen-bond acceptors (Lipinski definition) is 4. The van der Waals surface area contributed by atoms with Gasteiger partial charge < -0.3 is 9.64 Å². The number of anilines is 1. The summed E-state index contributed by atoms with van der Waals surface area (Å²) in [6, 6.07) is 10.6. The van der Waals surface area contributed by atoms with Crippen LogP contribution in [-0.2, 0) is 10.0 Å². The molecule has 0 amide bonds. The van der Waals surface area contributed by atoms with Crippen molar-refractivity contribution in [1.82, 2.24) is 4.31 Å². The second-order valence-electron chi connectivity index (χ2n) is 5.76. The summed E-state index contributed by atoms with van der Waals surface area (Å²) in [5, 5.41) is 0.982. The lowest BCUT2D eigenvalue weighted by atomic mass is 10.2. The van der Waals surface area contributed by atoms with Crippen molar-refractivity contribution in [2.24, 2.45) is 0 Å². The van der Waals surface area contributed by atoms with Gasteiger partial charge in [0, 0.05) is 31.2 Å². The number of ether oxygens (including phenoxy) is 1. The number of hydrogen-bond donors (Lipinski definition) is 0. The van der Waals surface area contributed by atoms with E-state index in [9.17, 15) is 8.42 Å². The van der Waals surface area contributed by atoms with Crippen LogP contribution < -0.4 is 9.64 Å². The summed E-state index contributed by atoms with van der Waals surface area (Å²) in [6.45, 7) is 1.79. The molecule has 1 aliphatic rings. The van der Waals surface area contributed by atoms with Crippen molar-refractivity contribution in [3.05, 3.63) is 50.9 Å². The molecule has 1 fully saturated rings. The molecule has 0 radical (unpaired) electrons. The average Bonchev–Trinajstić information content (AvgIpc) is 2.61. The number of piperazine rings is 1. The van der Waals surface area contributed by atoms with Crippen molar-refractivity contribution in [2.45, 2.75) is 4.90 Å². The fourth-order valence-electron chi connectivity index (χ4n) is 2.94. The summed E-state index contributed by atoms with van der Waals surface area (Å²) in [7, 11) is -2.30. The fraction of sp³-hybridized carbons (Fsp3) is 0.294. The smallest absolute Gasteiger partial charge is 0.246 e. The van der Waals surface area contributed by atoms with Gasteiger partial charge in [-0.25, -0.2) is 8.42 Å². The van der Waals surface area contributed by atoms with Gasteiger partial charge in [0.05, 0.1) is 22.3 Å². The van der Waals surface area contributed by atoms with Crippen LogP contribution in [0.1, 0.15) is 0 Å². The maximum absolute atomic E-state index is 13.1. The number of methoxy groups -OCH3 is 1. The minimum absolute atomic E-state index is 0.0607. The number of rotatable bonds is 4. The molecule has 3 rings (SSSR count). The Balaban J connectivity index is 1.84. The molecular weight excluding hydrogens is 463 g/mol. The van der Waals surface area contributed by atoms with E-state index < -0.39 is 10.0 Å². The maximum atomic E-state index is 13.1. The van der Waals surface area contributed by atoms with Gasteiger partial charge in [0.2, 0.25) is 10.0 Å². The van der Waals surface area contributed by atoms with Gasteiger partial charge in [0.15, 0.2) is 5.75 Å². The van der Waals surface area contributed by atoms with Crippen molar-refractivity contribution in [3.63, 3.8) is 0 Å².